The summed E-state index contributed by atoms with van der Waals surface area (Å²) in [7, 11) is 0. The number of benzene rings is 1. The number of thioether (sulfide) groups is 1. The highest BCUT2D eigenvalue weighted by molar-refractivity contribution is 7.99. The molecule has 5 aromatic rings. The quantitative estimate of drug-likeness (QED) is 0.421. The second-order valence-electron chi connectivity index (χ2n) is 6.51. The van der Waals surface area contributed by atoms with Crippen molar-refractivity contribution >= 4 is 50.0 Å². The number of nitrogens with one attached hydrogen (secondary N) is 1. The van der Waals surface area contributed by atoms with Crippen molar-refractivity contribution in [2.45, 2.75) is 12.1 Å². The first kappa shape index (κ1) is 18.6. The van der Waals surface area contributed by atoms with Gasteiger partial charge >= 0.3 is 0 Å². The number of thiazole rings is 1. The van der Waals surface area contributed by atoms with Gasteiger partial charge in [0.15, 0.2) is 10.8 Å². The lowest BCUT2D eigenvalue weighted by molar-refractivity contribution is -0.113. The number of hydrogen-bond acceptors (Lipinski definition) is 8. The summed E-state index contributed by atoms with van der Waals surface area (Å²) in [5.74, 6) is 0.0130. The third kappa shape index (κ3) is 3.74. The number of pyridine rings is 1. The van der Waals surface area contributed by atoms with Gasteiger partial charge in [-0.1, -0.05) is 35.2 Å². The first-order valence-corrected chi connectivity index (χ1v) is 10.9. The first-order valence-electron chi connectivity index (χ1n) is 9.09. The Bertz CT molecular complexity index is 1360. The molecule has 148 valence electrons. The Balaban J connectivity index is 1.31. The van der Waals surface area contributed by atoms with Gasteiger partial charge in [0.05, 0.1) is 21.7 Å². The van der Waals surface area contributed by atoms with Gasteiger partial charge in [-0.3, -0.25) is 9.78 Å². The summed E-state index contributed by atoms with van der Waals surface area (Å²) >= 11 is 2.73. The molecule has 1 N–H and O–H groups in total. The third-order valence-electron chi connectivity index (χ3n) is 4.28. The van der Waals surface area contributed by atoms with Crippen LogP contribution >= 0.6 is 23.1 Å². The molecule has 0 aliphatic heterocycles. The van der Waals surface area contributed by atoms with Crippen LogP contribution in [0.5, 0.6) is 0 Å². The molecule has 0 aliphatic rings. The minimum atomic E-state index is -0.159. The van der Waals surface area contributed by atoms with E-state index in [1.807, 2.05) is 49.4 Å². The lowest BCUT2D eigenvalue weighted by Gasteiger charge is -2.03. The number of aromatic nitrogens is 6. The average Bonchev–Trinajstić information content (AvgIpc) is 3.35. The van der Waals surface area contributed by atoms with Gasteiger partial charge in [0, 0.05) is 6.20 Å². The molecule has 0 atom stereocenters. The topological polar surface area (TPSA) is 98.0 Å². The van der Waals surface area contributed by atoms with Crippen LogP contribution in [0.25, 0.3) is 27.3 Å². The summed E-state index contributed by atoms with van der Waals surface area (Å²) in [5.41, 5.74) is 4.12. The van der Waals surface area contributed by atoms with Crippen LogP contribution in [0.2, 0.25) is 0 Å². The fourth-order valence-corrected chi connectivity index (χ4v) is 4.55. The molecule has 30 heavy (non-hydrogen) atoms. The van der Waals surface area contributed by atoms with E-state index in [0.717, 1.165) is 21.5 Å². The van der Waals surface area contributed by atoms with E-state index in [1.54, 1.807) is 10.7 Å². The monoisotopic (exact) mass is 433 g/mol. The van der Waals surface area contributed by atoms with E-state index in [1.165, 1.54) is 23.1 Å². The Kier molecular flexibility index (Phi) is 4.85. The van der Waals surface area contributed by atoms with Crippen molar-refractivity contribution in [1.29, 1.82) is 0 Å². The summed E-state index contributed by atoms with van der Waals surface area (Å²) in [4.78, 5) is 21.2. The molecule has 0 spiro atoms. The van der Waals surface area contributed by atoms with Crippen molar-refractivity contribution in [2.75, 3.05) is 11.1 Å². The van der Waals surface area contributed by atoms with Gasteiger partial charge in [0.2, 0.25) is 11.1 Å². The fourth-order valence-electron chi connectivity index (χ4n) is 2.88. The molecule has 5 rings (SSSR count). The molecule has 10 heteroatoms. The number of anilines is 1. The minimum absolute atomic E-state index is 0.159. The van der Waals surface area contributed by atoms with Crippen molar-refractivity contribution in [1.82, 2.24) is 29.8 Å². The number of carbonyl (C=O) groups excluding carboxylic acids is 1. The van der Waals surface area contributed by atoms with Crippen LogP contribution in [0.4, 0.5) is 5.13 Å². The second-order valence-corrected chi connectivity index (χ2v) is 8.49. The van der Waals surface area contributed by atoms with Crippen LogP contribution in [0.15, 0.2) is 59.9 Å². The number of rotatable bonds is 5. The lowest BCUT2D eigenvalue weighted by Crippen LogP contribution is -2.14. The molecule has 1 amide bonds. The predicted octanol–water partition coefficient (Wildman–Crippen LogP) is 3.84. The number of amides is 1. The molecule has 0 radical (unpaired) electrons. The molecule has 0 bridgehead atoms. The molecule has 1 aromatic carbocycles. The van der Waals surface area contributed by atoms with Gasteiger partial charge in [-0.05, 0) is 48.9 Å². The molecule has 8 nitrogen and oxygen atoms in total. The zero-order chi connectivity index (χ0) is 20.5. The summed E-state index contributed by atoms with van der Waals surface area (Å²) in [6.07, 6.45) is 1.72. The van der Waals surface area contributed by atoms with Crippen molar-refractivity contribution in [3.8, 4) is 11.4 Å². The van der Waals surface area contributed by atoms with E-state index in [0.29, 0.717) is 21.6 Å². The van der Waals surface area contributed by atoms with Gasteiger partial charge in [-0.2, -0.15) is 9.61 Å². The van der Waals surface area contributed by atoms with Gasteiger partial charge in [0.25, 0.3) is 0 Å². The van der Waals surface area contributed by atoms with Crippen LogP contribution in [0.3, 0.4) is 0 Å². The predicted molar refractivity (Wildman–Crippen MR) is 118 cm³/mol. The third-order valence-corrected chi connectivity index (χ3v) is 6.14. The van der Waals surface area contributed by atoms with Crippen molar-refractivity contribution < 1.29 is 4.79 Å². The molecule has 0 aliphatic carbocycles. The average molecular weight is 434 g/mol. The maximum Gasteiger partial charge on any atom is 0.236 e. The Labute approximate surface area is 179 Å². The van der Waals surface area contributed by atoms with Crippen LogP contribution < -0.4 is 5.32 Å². The molecule has 0 saturated carbocycles. The van der Waals surface area contributed by atoms with E-state index in [-0.39, 0.29) is 11.7 Å². The normalized spacial score (nSPS) is 11.2. The standard InChI is InChI=1S/C20H15N7OS2/c1-12-5-6-15-16(10-12)30-19(22-15)23-18(28)11-29-20-25-24-17-8-7-14(26-27(17)20)13-4-2-3-9-21-13/h2-10H,11H2,1H3,(H,22,23,28). The molecule has 0 unspecified atom stereocenters. The minimum Gasteiger partial charge on any atom is -0.301 e. The SMILES string of the molecule is Cc1ccc2nc(NC(=O)CSc3nnc4ccc(-c5ccccn5)nn34)sc2c1. The molecule has 4 heterocycles. The highest BCUT2D eigenvalue weighted by atomic mass is 32.2. The summed E-state index contributed by atoms with van der Waals surface area (Å²) < 4.78 is 2.68. The van der Waals surface area contributed by atoms with E-state index in [2.05, 4.69) is 36.6 Å². The Morgan fingerprint density at radius 3 is 2.93 bits per heavy atom. The maximum atomic E-state index is 12.4. The Morgan fingerprint density at radius 2 is 2.07 bits per heavy atom. The number of nitrogens with zero attached hydrogens (tertiary/aromatic N) is 6. The smallest absolute Gasteiger partial charge is 0.236 e. The second kappa shape index (κ2) is 7.81. The molecule has 0 saturated heterocycles. The highest BCUT2D eigenvalue weighted by Crippen LogP contribution is 2.27. The summed E-state index contributed by atoms with van der Waals surface area (Å²) in [5, 5.41) is 16.8. The van der Waals surface area contributed by atoms with Gasteiger partial charge in [-0.15, -0.1) is 10.2 Å². The van der Waals surface area contributed by atoms with Gasteiger partial charge in [0.1, 0.15) is 5.69 Å². The maximum absolute atomic E-state index is 12.4. The zero-order valence-electron chi connectivity index (χ0n) is 15.8. The summed E-state index contributed by atoms with van der Waals surface area (Å²) in [6, 6.07) is 15.4. The first-order chi connectivity index (χ1) is 14.7. The lowest BCUT2D eigenvalue weighted by atomic mass is 10.2. The Morgan fingerprint density at radius 1 is 1.13 bits per heavy atom. The van der Waals surface area contributed by atoms with Crippen LogP contribution in [-0.2, 0) is 4.79 Å². The molecule has 0 fully saturated rings. The van der Waals surface area contributed by atoms with Crippen molar-refractivity contribution in [3.63, 3.8) is 0 Å². The molecular formula is C20H15N7OS2. The van der Waals surface area contributed by atoms with Crippen LogP contribution in [-0.4, -0.2) is 41.4 Å². The van der Waals surface area contributed by atoms with Crippen molar-refractivity contribution in [3.05, 3.63) is 60.3 Å². The number of fused-ring (bicyclic) bond motifs is 2. The van der Waals surface area contributed by atoms with E-state index < -0.39 is 0 Å². The van der Waals surface area contributed by atoms with Crippen LogP contribution in [0, 0.1) is 6.92 Å². The van der Waals surface area contributed by atoms with Gasteiger partial charge < -0.3 is 5.32 Å². The van der Waals surface area contributed by atoms with Crippen molar-refractivity contribution in [2.24, 2.45) is 0 Å². The largest absolute Gasteiger partial charge is 0.301 e. The van der Waals surface area contributed by atoms with E-state index >= 15 is 0 Å². The number of hydrogen-bond donors (Lipinski definition) is 1. The fraction of sp³-hybridized carbons (Fsp3) is 0.100. The van der Waals surface area contributed by atoms with E-state index in [4.69, 9.17) is 0 Å². The summed E-state index contributed by atoms with van der Waals surface area (Å²) in [6.45, 7) is 2.03. The van der Waals surface area contributed by atoms with Crippen LogP contribution in [0.1, 0.15) is 5.56 Å². The highest BCUT2D eigenvalue weighted by Gasteiger charge is 2.13. The van der Waals surface area contributed by atoms with E-state index in [9.17, 15) is 4.79 Å². The number of aryl methyl sites for hydroxylation is 1. The number of carbonyl (C=O) groups is 1. The van der Waals surface area contributed by atoms with Gasteiger partial charge in [-0.25, -0.2) is 4.98 Å². The Hall–Kier alpha value is -3.37. The molecule has 4 aromatic heterocycles. The zero-order valence-corrected chi connectivity index (χ0v) is 17.4. The molecular weight excluding hydrogens is 418 g/mol.